The summed E-state index contributed by atoms with van der Waals surface area (Å²) in [5, 5.41) is 22.6. The van der Waals surface area contributed by atoms with Crippen molar-refractivity contribution in [3.8, 4) is 0 Å². The minimum atomic E-state index is -0.449. The van der Waals surface area contributed by atoms with Crippen molar-refractivity contribution in [2.24, 2.45) is 51.2 Å². The van der Waals surface area contributed by atoms with Crippen LogP contribution in [0.3, 0.4) is 0 Å². The summed E-state index contributed by atoms with van der Waals surface area (Å²) >= 11 is 0. The molecular formula is C29H48O2. The normalized spacial score (nSPS) is 57.9. The van der Waals surface area contributed by atoms with Crippen molar-refractivity contribution in [1.82, 2.24) is 0 Å². The summed E-state index contributed by atoms with van der Waals surface area (Å²) in [6.07, 6.45) is 11.4. The minimum Gasteiger partial charge on any atom is -0.393 e. The third-order valence-corrected chi connectivity index (χ3v) is 13.0. The molecule has 0 heterocycles. The van der Waals surface area contributed by atoms with E-state index in [9.17, 15) is 10.2 Å². The van der Waals surface area contributed by atoms with Gasteiger partial charge in [-0.05, 0) is 122 Å². The largest absolute Gasteiger partial charge is 0.393 e. The number of hydrogen-bond donors (Lipinski definition) is 2. The summed E-state index contributed by atoms with van der Waals surface area (Å²) in [6.45, 7) is 19.1. The summed E-state index contributed by atoms with van der Waals surface area (Å²) in [4.78, 5) is 0. The molecule has 2 nitrogen and oxygen atoms in total. The molecule has 0 aromatic rings. The van der Waals surface area contributed by atoms with Crippen LogP contribution < -0.4 is 0 Å². The van der Waals surface area contributed by atoms with E-state index in [1.807, 2.05) is 0 Å². The lowest BCUT2D eigenvalue weighted by Gasteiger charge is -2.72. The van der Waals surface area contributed by atoms with Gasteiger partial charge in [-0.1, -0.05) is 46.8 Å². The van der Waals surface area contributed by atoms with Crippen LogP contribution in [0.2, 0.25) is 0 Å². The molecule has 176 valence electrons. The van der Waals surface area contributed by atoms with E-state index < -0.39 is 5.60 Å². The maximum Gasteiger partial charge on any atom is 0.0684 e. The SMILES string of the molecule is C=C(C)C1CCC2(O)CCC3(C)C(CCC4C5(C)CCC(O)C(C)(C)C5CCC43C)C12. The molecule has 2 heteroatoms. The third kappa shape index (κ3) is 2.64. The first-order valence-electron chi connectivity index (χ1n) is 13.4. The van der Waals surface area contributed by atoms with Crippen LogP contribution in [-0.4, -0.2) is 21.9 Å². The third-order valence-electron chi connectivity index (χ3n) is 13.0. The van der Waals surface area contributed by atoms with Crippen molar-refractivity contribution in [3.05, 3.63) is 12.2 Å². The number of hydrogen-bond acceptors (Lipinski definition) is 2. The van der Waals surface area contributed by atoms with Crippen molar-refractivity contribution < 1.29 is 10.2 Å². The van der Waals surface area contributed by atoms with Gasteiger partial charge in [0.05, 0.1) is 11.7 Å². The number of aliphatic hydroxyl groups excluding tert-OH is 1. The van der Waals surface area contributed by atoms with E-state index in [0.29, 0.717) is 39.9 Å². The Bertz CT molecular complexity index is 771. The molecule has 0 spiro atoms. The fourth-order valence-corrected chi connectivity index (χ4v) is 11.1. The van der Waals surface area contributed by atoms with Gasteiger partial charge in [-0.25, -0.2) is 0 Å². The Hall–Kier alpha value is -0.340. The molecule has 2 N–H and O–H groups in total. The number of aliphatic hydroxyl groups is 2. The average molecular weight is 429 g/mol. The van der Waals surface area contributed by atoms with Gasteiger partial charge in [-0.2, -0.15) is 0 Å². The lowest BCUT2D eigenvalue weighted by atomic mass is 9.33. The molecular weight excluding hydrogens is 380 g/mol. The minimum absolute atomic E-state index is 0.0232. The Labute approximate surface area is 191 Å². The standard InChI is InChI=1S/C29H48O2/c1-18(2)19-10-15-29(31)17-16-27(6)20(24(19)29)8-9-22-26(5)13-12-23(30)25(3,4)21(26)11-14-28(22,27)7/h19-24,30-31H,1,8-17H2,2-7H3. The van der Waals surface area contributed by atoms with Gasteiger partial charge in [0.1, 0.15) is 0 Å². The van der Waals surface area contributed by atoms with E-state index >= 15 is 0 Å². The van der Waals surface area contributed by atoms with Gasteiger partial charge in [0.2, 0.25) is 0 Å². The molecule has 0 aromatic heterocycles. The monoisotopic (exact) mass is 428 g/mol. The Kier molecular flexibility index (Phi) is 4.80. The first-order chi connectivity index (χ1) is 14.3. The van der Waals surface area contributed by atoms with E-state index in [-0.39, 0.29) is 11.5 Å². The van der Waals surface area contributed by atoms with Gasteiger partial charge >= 0.3 is 0 Å². The topological polar surface area (TPSA) is 40.5 Å². The zero-order chi connectivity index (χ0) is 22.6. The summed E-state index contributed by atoms with van der Waals surface area (Å²) in [6, 6.07) is 0. The molecule has 0 bridgehead atoms. The molecule has 0 saturated heterocycles. The van der Waals surface area contributed by atoms with Crippen LogP contribution in [-0.2, 0) is 0 Å². The first kappa shape index (κ1) is 22.5. The molecule has 0 amide bonds. The first-order valence-corrected chi connectivity index (χ1v) is 13.4. The molecule has 10 unspecified atom stereocenters. The lowest BCUT2D eigenvalue weighted by molar-refractivity contribution is -0.254. The maximum absolute atomic E-state index is 11.7. The average Bonchev–Trinajstić information content (AvgIpc) is 3.04. The van der Waals surface area contributed by atoms with Crippen LogP contribution in [0.4, 0.5) is 0 Å². The highest BCUT2D eigenvalue weighted by Gasteiger charge is 2.70. The van der Waals surface area contributed by atoms with E-state index in [0.717, 1.165) is 31.6 Å². The molecule has 5 fully saturated rings. The Morgan fingerprint density at radius 1 is 0.774 bits per heavy atom. The van der Waals surface area contributed by atoms with E-state index in [1.54, 1.807) is 0 Å². The Morgan fingerprint density at radius 3 is 2.16 bits per heavy atom. The van der Waals surface area contributed by atoms with E-state index in [4.69, 9.17) is 0 Å². The molecule has 31 heavy (non-hydrogen) atoms. The van der Waals surface area contributed by atoms with Crippen LogP contribution in [0.25, 0.3) is 0 Å². The van der Waals surface area contributed by atoms with Crippen LogP contribution in [0, 0.1) is 51.2 Å². The van der Waals surface area contributed by atoms with Crippen LogP contribution in [0.5, 0.6) is 0 Å². The van der Waals surface area contributed by atoms with Crippen molar-refractivity contribution in [3.63, 3.8) is 0 Å². The summed E-state index contributed by atoms with van der Waals surface area (Å²) in [7, 11) is 0. The zero-order valence-corrected chi connectivity index (χ0v) is 21.1. The smallest absolute Gasteiger partial charge is 0.0684 e. The summed E-state index contributed by atoms with van der Waals surface area (Å²) < 4.78 is 0. The van der Waals surface area contributed by atoms with Gasteiger partial charge < -0.3 is 10.2 Å². The second kappa shape index (κ2) is 6.62. The molecule has 10 atom stereocenters. The molecule has 0 radical (unpaired) electrons. The fraction of sp³-hybridized carbons (Fsp3) is 0.931. The molecule has 0 aliphatic heterocycles. The quantitative estimate of drug-likeness (QED) is 0.453. The highest BCUT2D eigenvalue weighted by atomic mass is 16.3. The van der Waals surface area contributed by atoms with Gasteiger partial charge in [-0.15, -0.1) is 0 Å². The van der Waals surface area contributed by atoms with Gasteiger partial charge in [0.15, 0.2) is 0 Å². The molecule has 0 aromatic carbocycles. The highest BCUT2D eigenvalue weighted by molar-refractivity contribution is 5.22. The van der Waals surface area contributed by atoms with Crippen LogP contribution in [0.1, 0.15) is 106 Å². The Morgan fingerprint density at radius 2 is 1.48 bits per heavy atom. The predicted molar refractivity (Wildman–Crippen MR) is 127 cm³/mol. The van der Waals surface area contributed by atoms with Crippen LogP contribution in [0.15, 0.2) is 12.2 Å². The second-order valence-corrected chi connectivity index (χ2v) is 14.2. The molecule has 5 rings (SSSR count). The number of rotatable bonds is 1. The van der Waals surface area contributed by atoms with Crippen molar-refractivity contribution >= 4 is 0 Å². The zero-order valence-electron chi connectivity index (χ0n) is 21.1. The Balaban J connectivity index is 1.54. The molecule has 5 aliphatic rings. The van der Waals surface area contributed by atoms with E-state index in [2.05, 4.69) is 48.1 Å². The number of allylic oxidation sites excluding steroid dienone is 1. The van der Waals surface area contributed by atoms with Gasteiger partial charge in [-0.3, -0.25) is 0 Å². The molecule has 5 saturated carbocycles. The summed E-state index contributed by atoms with van der Waals surface area (Å²) in [5.41, 5.74) is 1.85. The van der Waals surface area contributed by atoms with Crippen molar-refractivity contribution in [2.45, 2.75) is 117 Å². The van der Waals surface area contributed by atoms with Gasteiger partial charge in [0.25, 0.3) is 0 Å². The maximum atomic E-state index is 11.7. The summed E-state index contributed by atoms with van der Waals surface area (Å²) in [5.74, 6) is 2.90. The predicted octanol–water partition coefficient (Wildman–Crippen LogP) is 6.75. The van der Waals surface area contributed by atoms with Gasteiger partial charge in [0, 0.05) is 0 Å². The second-order valence-electron chi connectivity index (χ2n) is 14.2. The fourth-order valence-electron chi connectivity index (χ4n) is 11.1. The lowest BCUT2D eigenvalue weighted by Crippen LogP contribution is -2.67. The van der Waals surface area contributed by atoms with Crippen LogP contribution >= 0.6 is 0 Å². The number of fused-ring (bicyclic) bond motifs is 7. The van der Waals surface area contributed by atoms with Crippen molar-refractivity contribution in [2.75, 3.05) is 0 Å². The van der Waals surface area contributed by atoms with E-state index in [1.165, 1.54) is 44.1 Å². The van der Waals surface area contributed by atoms with Crippen molar-refractivity contribution in [1.29, 1.82) is 0 Å². The molecule has 5 aliphatic carbocycles. The highest BCUT2D eigenvalue weighted by Crippen LogP contribution is 2.76.